The zero-order valence-electron chi connectivity index (χ0n) is 13.4. The Balaban J connectivity index is 0.000000637. The van der Waals surface area contributed by atoms with Crippen LogP contribution in [0.2, 0.25) is 0 Å². The molecule has 3 nitrogen and oxygen atoms in total. The van der Waals surface area contributed by atoms with Crippen molar-refractivity contribution < 1.29 is 0 Å². The Hall–Kier alpha value is -0.120. The number of nitrogens with zero attached hydrogens (tertiary/aromatic N) is 2. The summed E-state index contributed by atoms with van der Waals surface area (Å²) in [5.41, 5.74) is 0.576. The molecule has 0 atom stereocenters. The summed E-state index contributed by atoms with van der Waals surface area (Å²) in [5, 5.41) is 3.49. The molecule has 0 unspecified atom stereocenters. The maximum atomic E-state index is 3.49. The molecule has 1 N–H and O–H groups in total. The molecule has 3 aliphatic heterocycles. The second kappa shape index (κ2) is 6.55. The van der Waals surface area contributed by atoms with Crippen molar-refractivity contribution in [2.45, 2.75) is 71.0 Å². The third kappa shape index (κ3) is 2.98. The monoisotopic (exact) mass is 267 g/mol. The van der Waals surface area contributed by atoms with Gasteiger partial charge in [0, 0.05) is 30.7 Å². The highest BCUT2D eigenvalue weighted by molar-refractivity contribution is 5.09. The molecule has 19 heavy (non-hydrogen) atoms. The number of likely N-dealkylation sites (tertiary alicyclic amines) is 2. The van der Waals surface area contributed by atoms with Gasteiger partial charge in [-0.3, -0.25) is 9.80 Å². The van der Waals surface area contributed by atoms with Crippen molar-refractivity contribution >= 4 is 0 Å². The minimum absolute atomic E-state index is 0.576. The lowest BCUT2D eigenvalue weighted by molar-refractivity contribution is -0.0685. The van der Waals surface area contributed by atoms with Gasteiger partial charge in [-0.1, -0.05) is 13.8 Å². The maximum absolute atomic E-state index is 3.49. The van der Waals surface area contributed by atoms with Gasteiger partial charge in [0.25, 0.3) is 0 Å². The summed E-state index contributed by atoms with van der Waals surface area (Å²) < 4.78 is 0. The summed E-state index contributed by atoms with van der Waals surface area (Å²) in [5.74, 6) is 0. The summed E-state index contributed by atoms with van der Waals surface area (Å²) in [6, 6.07) is 1.60. The summed E-state index contributed by atoms with van der Waals surface area (Å²) >= 11 is 0. The smallest absolute Gasteiger partial charge is 0.0466 e. The van der Waals surface area contributed by atoms with Gasteiger partial charge < -0.3 is 5.32 Å². The number of hydrogen-bond acceptors (Lipinski definition) is 3. The van der Waals surface area contributed by atoms with E-state index in [1.807, 2.05) is 13.8 Å². The topological polar surface area (TPSA) is 18.5 Å². The first-order chi connectivity index (χ1) is 9.21. The van der Waals surface area contributed by atoms with Crippen LogP contribution in [0.3, 0.4) is 0 Å². The number of hydrogen-bond donors (Lipinski definition) is 1. The lowest BCUT2D eigenvalue weighted by atomic mass is 9.84. The van der Waals surface area contributed by atoms with Crippen LogP contribution >= 0.6 is 0 Å². The molecule has 3 aliphatic rings. The normalized spacial score (nSPS) is 28.3. The van der Waals surface area contributed by atoms with E-state index < -0.39 is 0 Å². The molecular formula is C16H33N3. The zero-order chi connectivity index (χ0) is 13.9. The first-order valence-electron chi connectivity index (χ1n) is 8.43. The quantitative estimate of drug-likeness (QED) is 0.828. The third-order valence-corrected chi connectivity index (χ3v) is 5.12. The van der Waals surface area contributed by atoms with E-state index in [1.165, 1.54) is 58.4 Å². The van der Waals surface area contributed by atoms with E-state index in [4.69, 9.17) is 0 Å². The van der Waals surface area contributed by atoms with Gasteiger partial charge in [-0.15, -0.1) is 0 Å². The van der Waals surface area contributed by atoms with Crippen LogP contribution in [0.1, 0.15) is 53.4 Å². The van der Waals surface area contributed by atoms with Crippen LogP contribution in [0, 0.1) is 0 Å². The van der Waals surface area contributed by atoms with Crippen LogP contribution in [-0.2, 0) is 0 Å². The van der Waals surface area contributed by atoms with Crippen molar-refractivity contribution in [3.05, 3.63) is 0 Å². The highest BCUT2D eigenvalue weighted by Gasteiger charge is 2.52. The average molecular weight is 267 g/mol. The highest BCUT2D eigenvalue weighted by atomic mass is 15.4. The molecule has 3 rings (SSSR count). The number of rotatable bonds is 2. The fourth-order valence-electron chi connectivity index (χ4n) is 4.06. The Morgan fingerprint density at radius 2 is 1.74 bits per heavy atom. The summed E-state index contributed by atoms with van der Waals surface area (Å²) in [6.45, 7) is 15.1. The molecule has 112 valence electrons. The van der Waals surface area contributed by atoms with Gasteiger partial charge in [-0.2, -0.15) is 0 Å². The Labute approximate surface area is 119 Å². The summed E-state index contributed by atoms with van der Waals surface area (Å²) in [7, 11) is 0. The van der Waals surface area contributed by atoms with Gasteiger partial charge in [0.15, 0.2) is 0 Å². The van der Waals surface area contributed by atoms with Crippen LogP contribution in [0.4, 0.5) is 0 Å². The van der Waals surface area contributed by atoms with Gasteiger partial charge in [0.1, 0.15) is 0 Å². The van der Waals surface area contributed by atoms with Crippen LogP contribution in [-0.4, -0.2) is 60.1 Å². The molecule has 3 heterocycles. The summed E-state index contributed by atoms with van der Waals surface area (Å²) in [4.78, 5) is 5.52. The molecular weight excluding hydrogens is 234 g/mol. The zero-order valence-corrected chi connectivity index (χ0v) is 13.4. The average Bonchev–Trinajstić information content (AvgIpc) is 2.85. The second-order valence-electron chi connectivity index (χ2n) is 6.50. The lowest BCUT2D eigenvalue weighted by Gasteiger charge is -2.57. The minimum atomic E-state index is 0.576. The molecule has 1 spiro atoms. The highest BCUT2D eigenvalue weighted by Crippen LogP contribution is 2.41. The number of nitrogens with one attached hydrogen (secondary N) is 1. The molecule has 0 bridgehead atoms. The van der Waals surface area contributed by atoms with E-state index in [9.17, 15) is 0 Å². The molecule has 0 amide bonds. The van der Waals surface area contributed by atoms with Gasteiger partial charge in [-0.25, -0.2) is 0 Å². The first kappa shape index (κ1) is 15.3. The first-order valence-corrected chi connectivity index (χ1v) is 8.43. The Morgan fingerprint density at radius 3 is 2.32 bits per heavy atom. The number of piperidine rings is 1. The third-order valence-electron chi connectivity index (χ3n) is 5.12. The Bertz CT molecular complexity index is 265. The van der Waals surface area contributed by atoms with Crippen molar-refractivity contribution in [1.82, 2.24) is 15.1 Å². The maximum Gasteiger partial charge on any atom is 0.0466 e. The van der Waals surface area contributed by atoms with E-state index in [1.54, 1.807) is 0 Å². The Kier molecular flexibility index (Phi) is 5.27. The van der Waals surface area contributed by atoms with E-state index in [-0.39, 0.29) is 0 Å². The fraction of sp³-hybridized carbons (Fsp3) is 1.00. The molecule has 0 aromatic rings. The fourth-order valence-corrected chi connectivity index (χ4v) is 4.06. The molecule has 0 radical (unpaired) electrons. The van der Waals surface area contributed by atoms with E-state index in [2.05, 4.69) is 29.0 Å². The van der Waals surface area contributed by atoms with Gasteiger partial charge in [-0.05, 0) is 59.2 Å². The van der Waals surface area contributed by atoms with Gasteiger partial charge >= 0.3 is 0 Å². The molecule has 0 aromatic carbocycles. The molecule has 3 fully saturated rings. The van der Waals surface area contributed by atoms with E-state index >= 15 is 0 Å². The van der Waals surface area contributed by atoms with Crippen LogP contribution in [0.5, 0.6) is 0 Å². The van der Waals surface area contributed by atoms with Crippen LogP contribution in [0.15, 0.2) is 0 Å². The Morgan fingerprint density at radius 1 is 1.11 bits per heavy atom. The molecule has 0 saturated carbocycles. The van der Waals surface area contributed by atoms with Gasteiger partial charge in [0.2, 0.25) is 0 Å². The van der Waals surface area contributed by atoms with Crippen molar-refractivity contribution in [3.8, 4) is 0 Å². The lowest BCUT2D eigenvalue weighted by Crippen LogP contribution is -2.71. The molecule has 3 heteroatoms. The molecule has 0 aromatic heterocycles. The standard InChI is InChI=1S/C14H27N3.C2H6/c1-12(2)16-10-14(11-16)6-3-9-17(14)13-4-7-15-8-5-13;1-2/h12-13,15H,3-11H2,1-2H3;1-2H3. The van der Waals surface area contributed by atoms with Crippen molar-refractivity contribution in [2.24, 2.45) is 0 Å². The largest absolute Gasteiger partial charge is 0.317 e. The second-order valence-corrected chi connectivity index (χ2v) is 6.50. The van der Waals surface area contributed by atoms with Crippen LogP contribution < -0.4 is 5.32 Å². The van der Waals surface area contributed by atoms with Crippen LogP contribution in [0.25, 0.3) is 0 Å². The SMILES string of the molecule is CC.CC(C)N1CC2(CCCN2C2CCNCC2)C1. The van der Waals surface area contributed by atoms with E-state index in [0.29, 0.717) is 5.54 Å². The predicted octanol–water partition coefficient (Wildman–Crippen LogP) is 2.32. The molecule has 0 aliphatic carbocycles. The predicted molar refractivity (Wildman–Crippen MR) is 82.6 cm³/mol. The summed E-state index contributed by atoms with van der Waals surface area (Å²) in [6.07, 6.45) is 5.60. The molecule has 3 saturated heterocycles. The minimum Gasteiger partial charge on any atom is -0.317 e. The van der Waals surface area contributed by atoms with E-state index in [0.717, 1.165) is 12.1 Å². The van der Waals surface area contributed by atoms with Gasteiger partial charge in [0.05, 0.1) is 0 Å². The van der Waals surface area contributed by atoms with Crippen molar-refractivity contribution in [2.75, 3.05) is 32.7 Å². The van der Waals surface area contributed by atoms with Crippen molar-refractivity contribution in [3.63, 3.8) is 0 Å². The van der Waals surface area contributed by atoms with Crippen molar-refractivity contribution in [1.29, 1.82) is 0 Å².